The normalized spacial score (nSPS) is 12.9. The van der Waals surface area contributed by atoms with Crippen LogP contribution in [0.2, 0.25) is 5.02 Å². The van der Waals surface area contributed by atoms with Crippen LogP contribution in [0.1, 0.15) is 11.3 Å². The molecule has 0 aliphatic rings. The zero-order valence-corrected chi connectivity index (χ0v) is 8.00. The summed E-state index contributed by atoms with van der Waals surface area (Å²) in [7, 11) is 0. The van der Waals surface area contributed by atoms with Crippen LogP contribution >= 0.6 is 11.6 Å². The summed E-state index contributed by atoms with van der Waals surface area (Å²) < 4.78 is 73.5. The molecule has 0 aliphatic heterocycles. The molecular formula is C7H3ClF6N2. The topological polar surface area (TPSA) is 38.9 Å². The summed E-state index contributed by atoms with van der Waals surface area (Å²) in [5.41, 5.74) is 1.35. The molecule has 0 radical (unpaired) electrons. The second kappa shape index (κ2) is 3.69. The zero-order chi connectivity index (χ0) is 12.7. The SMILES string of the molecule is Nc1cc(C(F)(F)F)c(Cl)c(C(F)(F)F)n1. The van der Waals surface area contributed by atoms with Crippen LogP contribution in [0.25, 0.3) is 0 Å². The van der Waals surface area contributed by atoms with Crippen molar-refractivity contribution < 1.29 is 26.3 Å². The molecule has 0 unspecified atom stereocenters. The second-order valence-corrected chi connectivity index (χ2v) is 3.13. The van der Waals surface area contributed by atoms with Gasteiger partial charge >= 0.3 is 12.4 Å². The van der Waals surface area contributed by atoms with Gasteiger partial charge in [0.1, 0.15) is 5.82 Å². The Hall–Kier alpha value is -1.18. The highest BCUT2D eigenvalue weighted by atomic mass is 35.5. The Bertz CT molecular complexity index is 375. The third-order valence-electron chi connectivity index (χ3n) is 1.55. The lowest BCUT2D eigenvalue weighted by Crippen LogP contribution is -2.16. The number of halogens is 7. The van der Waals surface area contributed by atoms with Crippen molar-refractivity contribution in [1.82, 2.24) is 4.98 Å². The van der Waals surface area contributed by atoms with Crippen molar-refractivity contribution in [2.45, 2.75) is 12.4 Å². The number of alkyl halides is 6. The summed E-state index contributed by atoms with van der Waals surface area (Å²) >= 11 is 4.99. The minimum absolute atomic E-state index is 0.248. The van der Waals surface area contributed by atoms with Gasteiger partial charge in [0, 0.05) is 0 Å². The highest BCUT2D eigenvalue weighted by Crippen LogP contribution is 2.41. The maximum atomic E-state index is 12.3. The lowest BCUT2D eigenvalue weighted by molar-refractivity contribution is -0.145. The molecule has 0 saturated heterocycles. The van der Waals surface area contributed by atoms with Gasteiger partial charge in [0.05, 0.1) is 10.6 Å². The monoisotopic (exact) mass is 264 g/mol. The van der Waals surface area contributed by atoms with Gasteiger partial charge in [-0.25, -0.2) is 4.98 Å². The van der Waals surface area contributed by atoms with Gasteiger partial charge in [-0.2, -0.15) is 26.3 Å². The van der Waals surface area contributed by atoms with E-state index in [0.29, 0.717) is 0 Å². The van der Waals surface area contributed by atoms with Gasteiger partial charge in [0.25, 0.3) is 0 Å². The molecule has 0 amide bonds. The van der Waals surface area contributed by atoms with Crippen LogP contribution in [0, 0.1) is 0 Å². The summed E-state index contributed by atoms with van der Waals surface area (Å²) in [4.78, 5) is 2.74. The minimum atomic E-state index is -5.09. The van der Waals surface area contributed by atoms with E-state index in [1.807, 2.05) is 0 Å². The molecule has 16 heavy (non-hydrogen) atoms. The van der Waals surface area contributed by atoms with E-state index in [9.17, 15) is 26.3 Å². The van der Waals surface area contributed by atoms with E-state index in [1.165, 1.54) is 0 Å². The van der Waals surface area contributed by atoms with Gasteiger partial charge in [-0.05, 0) is 6.07 Å². The lowest BCUT2D eigenvalue weighted by atomic mass is 10.2. The Labute approximate surface area is 90.0 Å². The van der Waals surface area contributed by atoms with Crippen molar-refractivity contribution in [3.8, 4) is 0 Å². The van der Waals surface area contributed by atoms with Crippen LogP contribution in [0.5, 0.6) is 0 Å². The molecule has 1 aromatic heterocycles. The third kappa shape index (κ3) is 2.49. The molecule has 0 fully saturated rings. The Morgan fingerprint density at radius 2 is 1.56 bits per heavy atom. The molecular weight excluding hydrogens is 262 g/mol. The van der Waals surface area contributed by atoms with Crippen molar-refractivity contribution in [3.63, 3.8) is 0 Å². The average Bonchev–Trinajstić information content (AvgIpc) is 2.04. The van der Waals surface area contributed by atoms with E-state index in [-0.39, 0.29) is 6.07 Å². The molecule has 1 rings (SSSR count). The molecule has 2 nitrogen and oxygen atoms in total. The highest BCUT2D eigenvalue weighted by Gasteiger charge is 2.42. The van der Waals surface area contributed by atoms with Crippen molar-refractivity contribution >= 4 is 17.4 Å². The summed E-state index contributed by atoms with van der Waals surface area (Å²) in [6.45, 7) is 0. The van der Waals surface area contributed by atoms with Crippen molar-refractivity contribution in [3.05, 3.63) is 22.3 Å². The van der Waals surface area contributed by atoms with Crippen LogP contribution < -0.4 is 5.73 Å². The van der Waals surface area contributed by atoms with Gasteiger partial charge < -0.3 is 5.73 Å². The van der Waals surface area contributed by atoms with Gasteiger partial charge in [0.15, 0.2) is 5.69 Å². The number of hydrogen-bond acceptors (Lipinski definition) is 2. The molecule has 1 aromatic rings. The summed E-state index contributed by atoms with van der Waals surface area (Å²) in [5.74, 6) is -0.899. The van der Waals surface area contributed by atoms with Crippen LogP contribution in [-0.4, -0.2) is 4.98 Å². The van der Waals surface area contributed by atoms with E-state index in [1.54, 1.807) is 0 Å². The van der Waals surface area contributed by atoms with Gasteiger partial charge in [-0.1, -0.05) is 11.6 Å². The first-order chi connectivity index (χ1) is 7.03. The minimum Gasteiger partial charge on any atom is -0.384 e. The Kier molecular flexibility index (Phi) is 2.97. The maximum Gasteiger partial charge on any atom is 0.434 e. The molecule has 0 bridgehead atoms. The molecule has 1 heterocycles. The highest BCUT2D eigenvalue weighted by molar-refractivity contribution is 6.32. The molecule has 90 valence electrons. The zero-order valence-electron chi connectivity index (χ0n) is 7.25. The van der Waals surface area contributed by atoms with Crippen molar-refractivity contribution in [2.24, 2.45) is 0 Å². The first-order valence-electron chi connectivity index (χ1n) is 3.64. The van der Waals surface area contributed by atoms with Crippen molar-refractivity contribution in [2.75, 3.05) is 5.73 Å². The number of nitrogen functional groups attached to an aromatic ring is 1. The van der Waals surface area contributed by atoms with Crippen LogP contribution in [0.3, 0.4) is 0 Å². The first-order valence-corrected chi connectivity index (χ1v) is 4.01. The number of pyridine rings is 1. The number of nitrogens with two attached hydrogens (primary N) is 1. The fraction of sp³-hybridized carbons (Fsp3) is 0.286. The standard InChI is InChI=1S/C7H3ClF6N2/c8-4-2(6(9,10)11)1-3(15)16-5(4)7(12,13)14/h1H,(H2,15,16). The van der Waals surface area contributed by atoms with E-state index in [0.717, 1.165) is 0 Å². The van der Waals surface area contributed by atoms with E-state index < -0.39 is 34.5 Å². The van der Waals surface area contributed by atoms with E-state index >= 15 is 0 Å². The molecule has 0 aliphatic carbocycles. The van der Waals surface area contributed by atoms with Gasteiger partial charge in [0.2, 0.25) is 0 Å². The number of nitrogens with zero attached hydrogens (tertiary/aromatic N) is 1. The average molecular weight is 265 g/mol. The molecule has 0 saturated carbocycles. The first kappa shape index (κ1) is 12.9. The van der Waals surface area contributed by atoms with Crippen LogP contribution in [-0.2, 0) is 12.4 Å². The van der Waals surface area contributed by atoms with E-state index in [4.69, 9.17) is 17.3 Å². The molecule has 0 atom stereocenters. The number of aromatic nitrogens is 1. The predicted molar refractivity (Wildman–Crippen MR) is 43.7 cm³/mol. The quantitative estimate of drug-likeness (QED) is 0.730. The van der Waals surface area contributed by atoms with E-state index in [2.05, 4.69) is 4.98 Å². The molecule has 0 spiro atoms. The van der Waals surface area contributed by atoms with Gasteiger partial charge in [-0.3, -0.25) is 0 Å². The number of hydrogen-bond donors (Lipinski definition) is 1. The second-order valence-electron chi connectivity index (χ2n) is 2.75. The van der Waals surface area contributed by atoms with Crippen molar-refractivity contribution in [1.29, 1.82) is 0 Å². The fourth-order valence-electron chi connectivity index (χ4n) is 0.943. The summed E-state index contributed by atoms with van der Waals surface area (Å²) in [5, 5.41) is -1.51. The fourth-order valence-corrected chi connectivity index (χ4v) is 1.25. The number of anilines is 1. The van der Waals surface area contributed by atoms with Crippen LogP contribution in [0.15, 0.2) is 6.07 Å². The number of rotatable bonds is 0. The largest absolute Gasteiger partial charge is 0.434 e. The molecule has 0 aromatic carbocycles. The summed E-state index contributed by atoms with van der Waals surface area (Å²) in [6.07, 6.45) is -10.1. The summed E-state index contributed by atoms with van der Waals surface area (Å²) in [6, 6.07) is 0.248. The molecule has 2 N–H and O–H groups in total. The van der Waals surface area contributed by atoms with Crippen LogP contribution in [0.4, 0.5) is 32.2 Å². The predicted octanol–water partition coefficient (Wildman–Crippen LogP) is 3.35. The Balaban J connectivity index is 3.51. The molecule has 9 heteroatoms. The van der Waals surface area contributed by atoms with Gasteiger partial charge in [-0.15, -0.1) is 0 Å². The smallest absolute Gasteiger partial charge is 0.384 e. The lowest BCUT2D eigenvalue weighted by Gasteiger charge is -2.14. The third-order valence-corrected chi connectivity index (χ3v) is 1.93. The maximum absolute atomic E-state index is 12.3. The Morgan fingerprint density at radius 1 is 1.06 bits per heavy atom. The Morgan fingerprint density at radius 3 is 1.94 bits per heavy atom.